The molecule has 1 saturated carbocycles. The molecule has 4 rings (SSSR count). The van der Waals surface area contributed by atoms with Gasteiger partial charge in [-0.2, -0.15) is 18.2 Å². The Morgan fingerprint density at radius 1 is 1.25 bits per heavy atom. The van der Waals surface area contributed by atoms with Gasteiger partial charge in [-0.05, 0) is 71.6 Å². The van der Waals surface area contributed by atoms with E-state index in [1.165, 1.54) is 7.11 Å². The number of halogens is 3. The largest absolute Gasteiger partial charge is 0.495 e. The number of rotatable bonds is 12. The number of carbonyl (C=O) groups excluding carboxylic acids is 1. The maximum Gasteiger partial charge on any atom is 0.421 e. The second-order valence-corrected chi connectivity index (χ2v) is 15.4. The molecule has 1 saturated heterocycles. The molecule has 1 aliphatic heterocycles. The van der Waals surface area contributed by atoms with Gasteiger partial charge in [0.05, 0.1) is 25.8 Å². The number of amides is 1. The van der Waals surface area contributed by atoms with Crippen molar-refractivity contribution < 1.29 is 22.7 Å². The van der Waals surface area contributed by atoms with E-state index < -0.39 is 27.2 Å². The van der Waals surface area contributed by atoms with Crippen molar-refractivity contribution in [1.82, 2.24) is 20.6 Å². The van der Waals surface area contributed by atoms with E-state index in [2.05, 4.69) is 37.2 Å². The van der Waals surface area contributed by atoms with E-state index in [0.717, 1.165) is 64.2 Å². The van der Waals surface area contributed by atoms with Crippen molar-refractivity contribution in [2.45, 2.75) is 63.2 Å². The molecule has 0 radical (unpaired) electrons. The quantitative estimate of drug-likeness (QED) is 0.179. The number of hydrogen-bond donors (Lipinski definition) is 3. The van der Waals surface area contributed by atoms with Gasteiger partial charge in [0.2, 0.25) is 5.95 Å². The van der Waals surface area contributed by atoms with Gasteiger partial charge in [0.25, 0.3) is 5.91 Å². The van der Waals surface area contributed by atoms with Crippen LogP contribution in [0.3, 0.4) is 0 Å². The van der Waals surface area contributed by atoms with Crippen molar-refractivity contribution in [3.8, 4) is 5.75 Å². The minimum atomic E-state index is -4.63. The van der Waals surface area contributed by atoms with Crippen molar-refractivity contribution in [2.75, 3.05) is 56.3 Å². The number of aliphatic imine (C=N–C) groups is 1. The van der Waals surface area contributed by atoms with Gasteiger partial charge in [0.1, 0.15) is 24.7 Å². The summed E-state index contributed by atoms with van der Waals surface area (Å²) in [4.78, 5) is 27.8. The lowest BCUT2D eigenvalue weighted by Gasteiger charge is -2.37. The molecule has 2 aromatic rings. The maximum absolute atomic E-state index is 14.4. The normalized spacial score (nSPS) is 17.7. The molecule has 44 heavy (non-hydrogen) atoms. The van der Waals surface area contributed by atoms with Gasteiger partial charge in [0.15, 0.2) is 6.29 Å². The number of benzene rings is 1. The van der Waals surface area contributed by atoms with Crippen LogP contribution in [0.5, 0.6) is 5.75 Å². The molecule has 2 fully saturated rings. The van der Waals surface area contributed by atoms with Crippen LogP contribution in [0.15, 0.2) is 29.4 Å². The number of hydrogen-bond acceptors (Lipinski definition) is 8. The summed E-state index contributed by atoms with van der Waals surface area (Å²) in [6.45, 7) is 5.77. The molecule has 14 heteroatoms. The van der Waals surface area contributed by atoms with Gasteiger partial charge < -0.3 is 25.6 Å². The Bertz CT molecular complexity index is 1320. The lowest BCUT2D eigenvalue weighted by atomic mass is 9.94. The minimum absolute atomic E-state index is 0.0156. The smallest absolute Gasteiger partial charge is 0.421 e. The van der Waals surface area contributed by atoms with Crippen molar-refractivity contribution in [3.63, 3.8) is 0 Å². The number of piperidine rings is 1. The van der Waals surface area contributed by atoms with Crippen LogP contribution < -0.4 is 25.6 Å². The number of methoxy groups -OCH3 is 1. The average molecular weight is 653 g/mol. The molecular formula is C30H43F3N7O2P2+. The van der Waals surface area contributed by atoms with Crippen molar-refractivity contribution in [2.24, 2.45) is 4.99 Å². The molecule has 1 aromatic heterocycles. The third-order valence-corrected chi connectivity index (χ3v) is 9.68. The molecule has 1 aliphatic carbocycles. The number of nitrogens with zero attached hydrogens (tertiary/aromatic N) is 4. The lowest BCUT2D eigenvalue weighted by Crippen LogP contribution is -2.42. The monoisotopic (exact) mass is 652 g/mol. The molecule has 0 spiro atoms. The summed E-state index contributed by atoms with van der Waals surface area (Å²) in [5.41, 5.74) is 0.00606. The zero-order valence-electron chi connectivity index (χ0n) is 25.7. The molecule has 1 aromatic carbocycles. The molecule has 240 valence electrons. The molecule has 9 nitrogen and oxygen atoms in total. The highest BCUT2D eigenvalue weighted by Gasteiger charge is 2.39. The van der Waals surface area contributed by atoms with E-state index in [1.807, 2.05) is 24.2 Å². The van der Waals surface area contributed by atoms with Gasteiger partial charge in [-0.15, -0.1) is 0 Å². The van der Waals surface area contributed by atoms with Crippen LogP contribution in [-0.2, 0) is 6.18 Å². The average Bonchev–Trinajstić information content (AvgIpc) is 3.00. The third-order valence-electron chi connectivity index (χ3n) is 7.72. The van der Waals surface area contributed by atoms with Crippen molar-refractivity contribution >= 4 is 51.1 Å². The molecule has 0 bridgehead atoms. The van der Waals surface area contributed by atoms with E-state index in [0.29, 0.717) is 29.6 Å². The number of anilines is 3. The van der Waals surface area contributed by atoms with Crippen LogP contribution in [0.2, 0.25) is 0 Å². The van der Waals surface area contributed by atoms with Gasteiger partial charge in [-0.25, -0.2) is 9.98 Å². The molecule has 2 unspecified atom stereocenters. The van der Waals surface area contributed by atoms with Crippen molar-refractivity contribution in [3.05, 3.63) is 35.5 Å². The molecule has 2 atom stereocenters. The minimum Gasteiger partial charge on any atom is -0.495 e. The molecule has 2 heterocycles. The first-order valence-corrected chi connectivity index (χ1v) is 19.1. The van der Waals surface area contributed by atoms with E-state index in [9.17, 15) is 18.0 Å². The highest BCUT2D eigenvalue weighted by Crippen LogP contribution is 2.42. The maximum atomic E-state index is 14.4. The van der Waals surface area contributed by atoms with Gasteiger partial charge in [-0.1, -0.05) is 19.3 Å². The first-order valence-electron chi connectivity index (χ1n) is 14.9. The Morgan fingerprint density at radius 2 is 1.98 bits per heavy atom. The zero-order valence-corrected chi connectivity index (χ0v) is 27.4. The number of carbonyl (C=O) groups is 1. The van der Waals surface area contributed by atoms with E-state index in [-0.39, 0.29) is 29.8 Å². The van der Waals surface area contributed by atoms with Crippen LogP contribution in [0.1, 0.15) is 60.9 Å². The number of nitrogens with one attached hydrogen (secondary N) is 3. The lowest BCUT2D eigenvalue weighted by molar-refractivity contribution is -0.137. The van der Waals surface area contributed by atoms with Crippen LogP contribution >= 0.6 is 15.5 Å². The Labute approximate surface area is 260 Å². The SMILES string of the molecule is C=[P+](C)CN=CP(C)CN(c1nc(Nc2ccc(C(=O)NC3CCNCC3)cc2OC)ncc1C(F)(F)F)C1CCCCC1. The fraction of sp³-hybridized carbons (Fsp3) is 0.567. The van der Waals surface area contributed by atoms with Crippen LogP contribution in [0.25, 0.3) is 0 Å². The number of alkyl halides is 3. The zero-order chi connectivity index (χ0) is 31.7. The van der Waals surface area contributed by atoms with Crippen LogP contribution in [-0.4, -0.2) is 86.3 Å². The second kappa shape index (κ2) is 16.0. The summed E-state index contributed by atoms with van der Waals surface area (Å²) in [6.07, 6.45) is 7.62. The predicted molar refractivity (Wildman–Crippen MR) is 177 cm³/mol. The predicted octanol–water partition coefficient (Wildman–Crippen LogP) is 6.47. The summed E-state index contributed by atoms with van der Waals surface area (Å²) < 4.78 is 48.6. The van der Waals surface area contributed by atoms with Crippen molar-refractivity contribution in [1.29, 1.82) is 0 Å². The molecule has 3 N–H and O–H groups in total. The third kappa shape index (κ3) is 9.59. The molecule has 2 aliphatic rings. The second-order valence-electron chi connectivity index (χ2n) is 11.4. The Morgan fingerprint density at radius 3 is 2.64 bits per heavy atom. The summed E-state index contributed by atoms with van der Waals surface area (Å²) in [6, 6.07) is 4.95. The highest BCUT2D eigenvalue weighted by atomic mass is 31.1. The standard InChI is InChI=1S/C30H42F3N7O2P2/c1-42-26-16-21(28(41)37-22-12-14-34-15-13-22)10-11-25(26)38-29-36-17-24(30(31,32)33)27(39-29)40(23-8-6-5-7-9-23)20-44(4)19-35-18-43(2)3/h10-11,16-17,19,22-23,34H,2,5-9,12-15,18,20H2,1,3-4H3,(H-,36,37,38,39,41)/p+1. The Hall–Kier alpha value is -2.81. The summed E-state index contributed by atoms with van der Waals surface area (Å²) in [7, 11) is 0.215. The topological polar surface area (TPSA) is 104 Å². The summed E-state index contributed by atoms with van der Waals surface area (Å²) in [5, 5.41) is 9.37. The van der Waals surface area contributed by atoms with E-state index in [4.69, 9.17) is 4.74 Å². The summed E-state index contributed by atoms with van der Waals surface area (Å²) in [5.74, 6) is 1.92. The van der Waals surface area contributed by atoms with E-state index in [1.54, 1.807) is 18.2 Å². The fourth-order valence-electron chi connectivity index (χ4n) is 5.48. The van der Waals surface area contributed by atoms with Crippen LogP contribution in [0, 0.1) is 0 Å². The fourth-order valence-corrected chi connectivity index (χ4v) is 7.25. The molecular weight excluding hydrogens is 609 g/mol. The Balaban J connectivity index is 1.62. The Kier molecular flexibility index (Phi) is 12.4. The first-order chi connectivity index (χ1) is 21.0. The van der Waals surface area contributed by atoms with E-state index >= 15 is 0 Å². The number of ether oxygens (including phenoxy) is 1. The van der Waals surface area contributed by atoms with Gasteiger partial charge in [0, 0.05) is 36.1 Å². The first kappa shape index (κ1) is 34.1. The highest BCUT2D eigenvalue weighted by molar-refractivity contribution is 7.72. The van der Waals surface area contributed by atoms with Gasteiger partial charge in [-0.3, -0.25) is 4.79 Å². The summed E-state index contributed by atoms with van der Waals surface area (Å²) >= 11 is 0. The van der Waals surface area contributed by atoms with Gasteiger partial charge >= 0.3 is 6.18 Å². The number of aromatic nitrogens is 2. The van der Waals surface area contributed by atoms with Crippen LogP contribution in [0.4, 0.5) is 30.6 Å². The molecule has 1 amide bonds.